The normalized spacial score (nSPS) is 22.1. The Balaban J connectivity index is 2.31. The summed E-state index contributed by atoms with van der Waals surface area (Å²) >= 11 is 0. The molecule has 1 aliphatic carbocycles. The lowest BCUT2D eigenvalue weighted by atomic mass is 9.85. The van der Waals surface area contributed by atoms with E-state index in [1.807, 2.05) is 0 Å². The lowest BCUT2D eigenvalue weighted by Gasteiger charge is -2.41. The highest BCUT2D eigenvalue weighted by molar-refractivity contribution is 7.47. The van der Waals surface area contributed by atoms with Crippen molar-refractivity contribution in [1.29, 1.82) is 0 Å². The van der Waals surface area contributed by atoms with Crippen LogP contribution in [0.25, 0.3) is 0 Å². The number of esters is 2. The molecule has 0 aromatic heterocycles. The van der Waals surface area contributed by atoms with Crippen molar-refractivity contribution in [2.45, 2.75) is 268 Å². The van der Waals surface area contributed by atoms with E-state index in [9.17, 15) is 44.6 Å². The van der Waals surface area contributed by atoms with E-state index in [4.69, 9.17) is 18.5 Å². The third kappa shape index (κ3) is 29.3. The average Bonchev–Trinajstić information content (AvgIpc) is 3.23. The smallest absolute Gasteiger partial charge is 0.462 e. The van der Waals surface area contributed by atoms with Crippen molar-refractivity contribution in [3.8, 4) is 0 Å². The zero-order valence-corrected chi connectivity index (χ0v) is 38.7. The summed E-state index contributed by atoms with van der Waals surface area (Å²) in [6.07, 6.45) is 24.8. The summed E-state index contributed by atoms with van der Waals surface area (Å²) in [5.41, 5.74) is 0. The Morgan fingerprint density at radius 1 is 0.450 bits per heavy atom. The number of hydrogen-bond acceptors (Lipinski definition) is 12. The van der Waals surface area contributed by atoms with Crippen LogP contribution in [-0.2, 0) is 32.7 Å². The van der Waals surface area contributed by atoms with Crippen LogP contribution < -0.4 is 0 Å². The summed E-state index contributed by atoms with van der Waals surface area (Å²) in [7, 11) is -5.11. The van der Waals surface area contributed by atoms with Crippen LogP contribution in [0.1, 0.15) is 226 Å². The standard InChI is InChI=1S/C46H89O13P/c1-3-5-7-9-11-13-14-15-16-17-18-19-20-21-22-23-24-25-26-27-29-31-33-35-40(48)58-38(36-56-39(47)34-32-30-28-12-10-8-6-4-2)37-57-60(54,55)59-46-44(52)42(50)41(49)43(51)45(46)53/h38,41-46,49-53H,3-37H2,1-2H3,(H,54,55). The molecule has 6 N–H and O–H groups in total. The summed E-state index contributed by atoms with van der Waals surface area (Å²) in [4.78, 5) is 35.6. The van der Waals surface area contributed by atoms with Crippen molar-refractivity contribution in [3.63, 3.8) is 0 Å². The van der Waals surface area contributed by atoms with Gasteiger partial charge in [-0.15, -0.1) is 0 Å². The van der Waals surface area contributed by atoms with Crippen molar-refractivity contribution in [1.82, 2.24) is 0 Å². The molecule has 13 nitrogen and oxygen atoms in total. The van der Waals surface area contributed by atoms with Crippen LogP contribution in [0.4, 0.5) is 0 Å². The number of unbranched alkanes of at least 4 members (excludes halogenated alkanes) is 29. The number of phosphoric acid groups is 1. The van der Waals surface area contributed by atoms with E-state index >= 15 is 0 Å². The van der Waals surface area contributed by atoms with Gasteiger partial charge in [-0.1, -0.05) is 200 Å². The van der Waals surface area contributed by atoms with E-state index in [-0.39, 0.29) is 12.8 Å². The Morgan fingerprint density at radius 3 is 1.10 bits per heavy atom. The predicted molar refractivity (Wildman–Crippen MR) is 235 cm³/mol. The Kier molecular flexibility index (Phi) is 35.3. The molecule has 0 aromatic rings. The zero-order chi connectivity index (χ0) is 44.3. The molecule has 0 amide bonds. The van der Waals surface area contributed by atoms with Gasteiger partial charge in [-0.25, -0.2) is 4.57 Å². The molecule has 1 aliphatic rings. The lowest BCUT2D eigenvalue weighted by Crippen LogP contribution is -2.64. The minimum atomic E-state index is -5.11. The molecule has 6 unspecified atom stereocenters. The van der Waals surface area contributed by atoms with Gasteiger partial charge in [0.1, 0.15) is 43.2 Å². The Hall–Kier alpha value is -1.15. The average molecular weight is 881 g/mol. The molecule has 0 bridgehead atoms. The van der Waals surface area contributed by atoms with E-state index in [0.717, 1.165) is 38.5 Å². The third-order valence-electron chi connectivity index (χ3n) is 11.7. The molecule has 1 rings (SSSR count). The van der Waals surface area contributed by atoms with Crippen LogP contribution in [-0.4, -0.2) is 98.3 Å². The van der Waals surface area contributed by atoms with Crippen molar-refractivity contribution < 1.29 is 63.1 Å². The second kappa shape index (κ2) is 37.2. The van der Waals surface area contributed by atoms with Crippen molar-refractivity contribution in [3.05, 3.63) is 0 Å². The highest BCUT2D eigenvalue weighted by atomic mass is 31.2. The van der Waals surface area contributed by atoms with Crippen molar-refractivity contribution in [2.75, 3.05) is 13.2 Å². The summed E-state index contributed by atoms with van der Waals surface area (Å²) < 4.78 is 33.5. The summed E-state index contributed by atoms with van der Waals surface area (Å²) in [5.74, 6) is -1.09. The number of carbonyl (C=O) groups excluding carboxylic acids is 2. The Morgan fingerprint density at radius 2 is 0.750 bits per heavy atom. The number of hydrogen-bond donors (Lipinski definition) is 6. The first-order valence-corrected chi connectivity index (χ1v) is 25.8. The fourth-order valence-electron chi connectivity index (χ4n) is 7.76. The molecule has 0 aliphatic heterocycles. The molecule has 0 spiro atoms. The minimum Gasteiger partial charge on any atom is -0.462 e. The van der Waals surface area contributed by atoms with E-state index in [1.165, 1.54) is 148 Å². The van der Waals surface area contributed by atoms with Gasteiger partial charge in [0.05, 0.1) is 6.61 Å². The molecule has 1 fully saturated rings. The van der Waals surface area contributed by atoms with Crippen molar-refractivity contribution in [2.24, 2.45) is 0 Å². The maximum Gasteiger partial charge on any atom is 0.472 e. The lowest BCUT2D eigenvalue weighted by molar-refractivity contribution is -0.220. The molecule has 0 heterocycles. The largest absolute Gasteiger partial charge is 0.472 e. The Bertz CT molecular complexity index is 1060. The van der Waals surface area contributed by atoms with Gasteiger partial charge < -0.3 is 39.9 Å². The van der Waals surface area contributed by atoms with Gasteiger partial charge in [-0.05, 0) is 12.8 Å². The molecule has 6 atom stereocenters. The number of rotatable bonds is 41. The highest BCUT2D eigenvalue weighted by Crippen LogP contribution is 2.47. The molecule has 14 heteroatoms. The fraction of sp³-hybridized carbons (Fsp3) is 0.957. The van der Waals surface area contributed by atoms with Gasteiger partial charge in [0, 0.05) is 12.8 Å². The summed E-state index contributed by atoms with van der Waals surface area (Å²) in [6, 6.07) is 0. The maximum atomic E-state index is 12.8. The minimum absolute atomic E-state index is 0.105. The van der Waals surface area contributed by atoms with Gasteiger partial charge in [0.2, 0.25) is 0 Å². The molecule has 0 radical (unpaired) electrons. The first-order chi connectivity index (χ1) is 28.9. The van der Waals surface area contributed by atoms with Crippen LogP contribution in [0.15, 0.2) is 0 Å². The first kappa shape index (κ1) is 56.9. The van der Waals surface area contributed by atoms with E-state index in [0.29, 0.717) is 12.8 Å². The molecular formula is C46H89O13P. The summed E-state index contributed by atoms with van der Waals surface area (Å²) in [5, 5.41) is 50.1. The van der Waals surface area contributed by atoms with E-state index in [2.05, 4.69) is 13.8 Å². The number of carbonyl (C=O) groups is 2. The van der Waals surface area contributed by atoms with Gasteiger partial charge >= 0.3 is 19.8 Å². The van der Waals surface area contributed by atoms with Gasteiger partial charge in [-0.2, -0.15) is 0 Å². The second-order valence-electron chi connectivity index (χ2n) is 17.3. The highest BCUT2D eigenvalue weighted by Gasteiger charge is 2.51. The monoisotopic (exact) mass is 881 g/mol. The van der Waals surface area contributed by atoms with Crippen LogP contribution >= 0.6 is 7.82 Å². The molecular weight excluding hydrogens is 791 g/mol. The topological polar surface area (TPSA) is 210 Å². The van der Waals surface area contributed by atoms with Crippen LogP contribution in [0.5, 0.6) is 0 Å². The molecule has 0 saturated heterocycles. The maximum absolute atomic E-state index is 12.8. The first-order valence-electron chi connectivity index (χ1n) is 24.3. The molecule has 60 heavy (non-hydrogen) atoms. The second-order valence-corrected chi connectivity index (χ2v) is 18.7. The molecule has 356 valence electrons. The van der Waals surface area contributed by atoms with Gasteiger partial charge in [-0.3, -0.25) is 18.6 Å². The number of phosphoric ester groups is 1. The fourth-order valence-corrected chi connectivity index (χ4v) is 8.73. The van der Waals surface area contributed by atoms with Crippen LogP contribution in [0, 0.1) is 0 Å². The number of aliphatic hydroxyl groups is 5. The van der Waals surface area contributed by atoms with E-state index in [1.54, 1.807) is 0 Å². The Labute approximate surface area is 363 Å². The quantitative estimate of drug-likeness (QED) is 0.0192. The van der Waals surface area contributed by atoms with Gasteiger partial charge in [0.25, 0.3) is 0 Å². The predicted octanol–water partition coefficient (Wildman–Crippen LogP) is 9.67. The number of aliphatic hydroxyl groups excluding tert-OH is 5. The molecule has 0 aromatic carbocycles. The van der Waals surface area contributed by atoms with E-state index < -0.39 is 75.7 Å². The number of ether oxygens (including phenoxy) is 2. The van der Waals surface area contributed by atoms with Gasteiger partial charge in [0.15, 0.2) is 6.10 Å². The SMILES string of the molecule is CCCCCCCCCCCCCCCCCCCCCCCCCC(=O)OC(COC(=O)CCCCCCCCCC)COP(=O)(O)OC1C(O)C(O)C(O)C(O)C1O. The molecule has 1 saturated carbocycles. The van der Waals surface area contributed by atoms with Crippen LogP contribution in [0.3, 0.4) is 0 Å². The van der Waals surface area contributed by atoms with Crippen LogP contribution in [0.2, 0.25) is 0 Å². The van der Waals surface area contributed by atoms with Crippen molar-refractivity contribution >= 4 is 19.8 Å². The third-order valence-corrected chi connectivity index (χ3v) is 12.7. The summed E-state index contributed by atoms with van der Waals surface area (Å²) in [6.45, 7) is 3.28. The zero-order valence-electron chi connectivity index (χ0n) is 37.8.